The standard InChI is InChI=1S/C55H38/c1-2-11-34(10-1)41-30-42(32-43(31-41)53-33-39-13-4-6-15-46(39)54-45-14-5-3-12-35(45)24-25-52(53)54)38-21-20-37-29-40(23-22-36(37)28-38)44-26-27-51-48-17-8-7-16-47(48)50-19-9-18-49(44)55(50)51/h3-9,12-34H,1-2,10-11H2. The quantitative estimate of drug-likeness (QED) is 0.161. The van der Waals surface area contributed by atoms with Crippen LogP contribution in [0.3, 0.4) is 0 Å². The van der Waals surface area contributed by atoms with E-state index < -0.39 is 0 Å². The van der Waals surface area contributed by atoms with Gasteiger partial charge in [0.15, 0.2) is 0 Å². The Morgan fingerprint density at radius 1 is 0.291 bits per heavy atom. The highest BCUT2D eigenvalue weighted by molar-refractivity contribution is 6.24. The molecule has 0 N–H and O–H groups in total. The first-order valence-electron chi connectivity index (χ1n) is 19.9. The summed E-state index contributed by atoms with van der Waals surface area (Å²) < 4.78 is 0. The maximum Gasteiger partial charge on any atom is -0.00201 e. The lowest BCUT2D eigenvalue weighted by Crippen LogP contribution is -1.95. The van der Waals surface area contributed by atoms with Crippen LogP contribution in [0.1, 0.15) is 37.2 Å². The second-order valence-corrected chi connectivity index (χ2v) is 15.9. The molecule has 0 unspecified atom stereocenters. The van der Waals surface area contributed by atoms with Gasteiger partial charge in [-0.15, -0.1) is 0 Å². The minimum Gasteiger partial charge on any atom is -0.0616 e. The maximum absolute atomic E-state index is 2.52. The Morgan fingerprint density at radius 2 is 0.873 bits per heavy atom. The van der Waals surface area contributed by atoms with Gasteiger partial charge in [-0.05, 0) is 158 Å². The first-order chi connectivity index (χ1) is 27.2. The Bertz CT molecular complexity index is 3160. The third-order valence-electron chi connectivity index (χ3n) is 12.9. The molecular weight excluding hydrogens is 661 g/mol. The van der Waals surface area contributed by atoms with Crippen molar-refractivity contribution in [2.45, 2.75) is 31.6 Å². The van der Waals surface area contributed by atoms with Gasteiger partial charge in [-0.3, -0.25) is 0 Å². The molecular formula is C55H38. The molecule has 2 aliphatic carbocycles. The van der Waals surface area contributed by atoms with Crippen LogP contribution in [0.15, 0.2) is 176 Å². The van der Waals surface area contributed by atoms with Crippen molar-refractivity contribution in [1.29, 1.82) is 0 Å². The van der Waals surface area contributed by atoms with Crippen LogP contribution in [-0.2, 0) is 0 Å². The average molecular weight is 699 g/mol. The van der Waals surface area contributed by atoms with Crippen molar-refractivity contribution in [3.8, 4) is 55.6 Å². The molecule has 258 valence electrons. The summed E-state index contributed by atoms with van der Waals surface area (Å²) in [5, 5.41) is 13.1. The lowest BCUT2D eigenvalue weighted by molar-refractivity contribution is 0.724. The highest BCUT2D eigenvalue weighted by Crippen LogP contribution is 2.49. The molecule has 0 atom stereocenters. The molecule has 12 rings (SSSR count). The van der Waals surface area contributed by atoms with Crippen molar-refractivity contribution in [2.24, 2.45) is 0 Å². The van der Waals surface area contributed by atoms with E-state index in [0.29, 0.717) is 5.92 Å². The number of fused-ring (bicyclic) bond motifs is 9. The molecule has 1 fully saturated rings. The number of rotatable bonds is 4. The molecule has 10 aromatic rings. The van der Waals surface area contributed by atoms with E-state index in [1.807, 2.05) is 0 Å². The third kappa shape index (κ3) is 4.78. The zero-order valence-electron chi connectivity index (χ0n) is 30.6. The molecule has 0 radical (unpaired) electrons. The molecule has 1 saturated carbocycles. The molecule has 10 aromatic carbocycles. The Morgan fingerprint density at radius 3 is 1.69 bits per heavy atom. The van der Waals surface area contributed by atoms with Crippen LogP contribution in [-0.4, -0.2) is 0 Å². The van der Waals surface area contributed by atoms with E-state index in [1.165, 1.54) is 141 Å². The largest absolute Gasteiger partial charge is 0.0616 e. The topological polar surface area (TPSA) is 0 Å². The fourth-order valence-corrected chi connectivity index (χ4v) is 10.2. The lowest BCUT2D eigenvalue weighted by Gasteiger charge is -2.18. The van der Waals surface area contributed by atoms with Gasteiger partial charge in [-0.25, -0.2) is 0 Å². The maximum atomic E-state index is 2.52. The van der Waals surface area contributed by atoms with Crippen LogP contribution in [0.2, 0.25) is 0 Å². The van der Waals surface area contributed by atoms with E-state index in [9.17, 15) is 0 Å². The van der Waals surface area contributed by atoms with E-state index in [-0.39, 0.29) is 0 Å². The smallest absolute Gasteiger partial charge is 0.00201 e. The van der Waals surface area contributed by atoms with Gasteiger partial charge in [-0.1, -0.05) is 165 Å². The van der Waals surface area contributed by atoms with Crippen LogP contribution in [0.4, 0.5) is 0 Å². The number of benzene rings is 10. The fraction of sp³-hybridized carbons (Fsp3) is 0.0909. The van der Waals surface area contributed by atoms with Crippen molar-refractivity contribution < 1.29 is 0 Å². The normalized spacial score (nSPS) is 13.8. The molecule has 0 aromatic heterocycles. The summed E-state index contributed by atoms with van der Waals surface area (Å²) in [6, 6.07) is 66.8. The summed E-state index contributed by atoms with van der Waals surface area (Å²) in [6.45, 7) is 0. The summed E-state index contributed by atoms with van der Waals surface area (Å²) >= 11 is 0. The second-order valence-electron chi connectivity index (χ2n) is 15.9. The molecule has 55 heavy (non-hydrogen) atoms. The van der Waals surface area contributed by atoms with Crippen LogP contribution in [0.5, 0.6) is 0 Å². The minimum atomic E-state index is 0.611. The predicted molar refractivity (Wildman–Crippen MR) is 236 cm³/mol. The molecule has 0 spiro atoms. The Kier molecular flexibility index (Phi) is 6.75. The van der Waals surface area contributed by atoms with Crippen LogP contribution < -0.4 is 0 Å². The zero-order chi connectivity index (χ0) is 36.0. The van der Waals surface area contributed by atoms with Crippen molar-refractivity contribution in [3.05, 3.63) is 181 Å². The van der Waals surface area contributed by atoms with Gasteiger partial charge in [0.1, 0.15) is 0 Å². The van der Waals surface area contributed by atoms with E-state index in [1.54, 1.807) is 0 Å². The molecule has 0 amide bonds. The first kappa shape index (κ1) is 30.9. The van der Waals surface area contributed by atoms with Crippen molar-refractivity contribution in [1.82, 2.24) is 0 Å². The van der Waals surface area contributed by atoms with Crippen molar-refractivity contribution >= 4 is 53.9 Å². The fourth-order valence-electron chi connectivity index (χ4n) is 10.2. The second kappa shape index (κ2) is 12.0. The van der Waals surface area contributed by atoms with E-state index >= 15 is 0 Å². The third-order valence-corrected chi connectivity index (χ3v) is 12.9. The number of hydrogen-bond donors (Lipinski definition) is 0. The number of hydrogen-bond acceptors (Lipinski definition) is 0. The summed E-state index contributed by atoms with van der Waals surface area (Å²) in [5.41, 5.74) is 14.6. The zero-order valence-corrected chi connectivity index (χ0v) is 30.6. The van der Waals surface area contributed by atoms with Gasteiger partial charge in [0.2, 0.25) is 0 Å². The Balaban J connectivity index is 1.00. The van der Waals surface area contributed by atoms with Gasteiger partial charge >= 0.3 is 0 Å². The van der Waals surface area contributed by atoms with Gasteiger partial charge in [0, 0.05) is 0 Å². The molecule has 0 heteroatoms. The SMILES string of the molecule is c1ccc2c(c1)-c1cccc3c(-c4ccc5cc(-c6cc(-c7cc8ccccc8c8c7ccc7ccccc78)cc(C7CCCC7)c6)ccc5c4)ccc-2c13. The monoisotopic (exact) mass is 698 g/mol. The molecule has 0 bridgehead atoms. The van der Waals surface area contributed by atoms with Gasteiger partial charge in [0.25, 0.3) is 0 Å². The molecule has 2 aliphatic rings. The van der Waals surface area contributed by atoms with E-state index in [2.05, 4.69) is 176 Å². The average Bonchev–Trinajstić information content (AvgIpc) is 3.91. The minimum absolute atomic E-state index is 0.611. The Hall–Kier alpha value is -6.50. The first-order valence-corrected chi connectivity index (χ1v) is 19.9. The highest BCUT2D eigenvalue weighted by Gasteiger charge is 2.23. The van der Waals surface area contributed by atoms with E-state index in [0.717, 1.165) is 0 Å². The van der Waals surface area contributed by atoms with Crippen LogP contribution in [0, 0.1) is 0 Å². The van der Waals surface area contributed by atoms with Crippen molar-refractivity contribution in [2.75, 3.05) is 0 Å². The Labute approximate surface area is 321 Å². The molecule has 0 saturated heterocycles. The van der Waals surface area contributed by atoms with Gasteiger partial charge < -0.3 is 0 Å². The van der Waals surface area contributed by atoms with Gasteiger partial charge in [0.05, 0.1) is 0 Å². The van der Waals surface area contributed by atoms with Gasteiger partial charge in [-0.2, -0.15) is 0 Å². The van der Waals surface area contributed by atoms with Crippen molar-refractivity contribution in [3.63, 3.8) is 0 Å². The molecule has 0 heterocycles. The highest BCUT2D eigenvalue weighted by atomic mass is 14.3. The van der Waals surface area contributed by atoms with Crippen LogP contribution in [0.25, 0.3) is 109 Å². The summed E-state index contributed by atoms with van der Waals surface area (Å²) in [4.78, 5) is 0. The predicted octanol–water partition coefficient (Wildman–Crippen LogP) is 15.8. The summed E-state index contributed by atoms with van der Waals surface area (Å²) in [7, 11) is 0. The van der Waals surface area contributed by atoms with Crippen LogP contribution >= 0.6 is 0 Å². The summed E-state index contributed by atoms with van der Waals surface area (Å²) in [5.74, 6) is 0.611. The summed E-state index contributed by atoms with van der Waals surface area (Å²) in [6.07, 6.45) is 5.19. The molecule has 0 aliphatic heterocycles. The molecule has 0 nitrogen and oxygen atoms in total. The lowest BCUT2D eigenvalue weighted by atomic mass is 9.86. The van der Waals surface area contributed by atoms with E-state index in [4.69, 9.17) is 0 Å².